The number of β-lactam (4-membered cyclic amide) rings is 1. The number of benzene rings is 2. The number of carbonyl (C=O) groups excluding carboxylic acids is 1. The molecule has 0 N–H and O–H groups in total. The van der Waals surface area contributed by atoms with Crippen molar-refractivity contribution in [1.29, 1.82) is 0 Å². The van der Waals surface area contributed by atoms with Gasteiger partial charge < -0.3 is 9.80 Å². The van der Waals surface area contributed by atoms with E-state index in [1.807, 2.05) is 67.5 Å². The number of aromatic nitrogens is 2. The fourth-order valence-electron chi connectivity index (χ4n) is 3.12. The van der Waals surface area contributed by atoms with Gasteiger partial charge in [-0.05, 0) is 30.3 Å². The summed E-state index contributed by atoms with van der Waals surface area (Å²) >= 11 is 0. The van der Waals surface area contributed by atoms with Gasteiger partial charge in [-0.1, -0.05) is 18.2 Å². The van der Waals surface area contributed by atoms with Crippen LogP contribution in [0.1, 0.15) is 6.42 Å². The largest absolute Gasteiger partial charge is 0.362 e. The van der Waals surface area contributed by atoms with E-state index in [1.54, 1.807) is 9.47 Å². The lowest BCUT2D eigenvalue weighted by Crippen LogP contribution is -2.43. The molecule has 0 bridgehead atoms. The van der Waals surface area contributed by atoms with Crippen molar-refractivity contribution in [2.45, 2.75) is 6.42 Å². The molecule has 0 atom stereocenters. The first kappa shape index (κ1) is 15.4. The van der Waals surface area contributed by atoms with E-state index in [0.717, 1.165) is 22.3 Å². The van der Waals surface area contributed by atoms with Gasteiger partial charge in [0.1, 0.15) is 5.82 Å². The fraction of sp³-hybridized carbons (Fsp3) is 0.211. The summed E-state index contributed by atoms with van der Waals surface area (Å²) in [5.41, 5.74) is 1.97. The standard InChI is InChI=1S/C19H18N4O2/c1-21(2)18-15-9-8-14(22-11-10-17(22)24)12-16(15)23(19(25)20-18)13-6-4-3-5-7-13/h3-9,12H,10-11H2,1-2H3. The third kappa shape index (κ3) is 2.46. The number of hydrogen-bond donors (Lipinski definition) is 0. The molecule has 3 aromatic rings. The van der Waals surface area contributed by atoms with E-state index in [2.05, 4.69) is 4.98 Å². The molecule has 2 heterocycles. The van der Waals surface area contributed by atoms with Crippen molar-refractivity contribution in [1.82, 2.24) is 9.55 Å². The second kappa shape index (κ2) is 5.73. The minimum absolute atomic E-state index is 0.106. The summed E-state index contributed by atoms with van der Waals surface area (Å²) in [5, 5.41) is 0.866. The third-order valence-electron chi connectivity index (χ3n) is 4.46. The van der Waals surface area contributed by atoms with Crippen molar-refractivity contribution in [3.8, 4) is 5.69 Å². The van der Waals surface area contributed by atoms with Crippen LogP contribution in [0.4, 0.5) is 11.5 Å². The molecule has 0 aliphatic carbocycles. The van der Waals surface area contributed by atoms with Gasteiger partial charge in [-0.15, -0.1) is 0 Å². The van der Waals surface area contributed by atoms with Crippen LogP contribution in [0, 0.1) is 0 Å². The Morgan fingerprint density at radius 3 is 2.36 bits per heavy atom. The summed E-state index contributed by atoms with van der Waals surface area (Å²) in [6.07, 6.45) is 0.572. The van der Waals surface area contributed by atoms with Crippen molar-refractivity contribution in [2.75, 3.05) is 30.4 Å². The number of amides is 1. The van der Waals surface area contributed by atoms with E-state index < -0.39 is 0 Å². The molecule has 6 nitrogen and oxygen atoms in total. The first-order chi connectivity index (χ1) is 12.1. The monoisotopic (exact) mass is 334 g/mol. The van der Waals surface area contributed by atoms with Crippen LogP contribution in [0.5, 0.6) is 0 Å². The fourth-order valence-corrected chi connectivity index (χ4v) is 3.12. The van der Waals surface area contributed by atoms with Gasteiger partial charge in [-0.25, -0.2) is 4.79 Å². The highest BCUT2D eigenvalue weighted by atomic mass is 16.2. The van der Waals surface area contributed by atoms with Gasteiger partial charge in [-0.3, -0.25) is 9.36 Å². The van der Waals surface area contributed by atoms with Crippen molar-refractivity contribution in [3.63, 3.8) is 0 Å². The van der Waals surface area contributed by atoms with Crippen molar-refractivity contribution in [2.24, 2.45) is 0 Å². The number of anilines is 2. The normalized spacial score (nSPS) is 13.8. The van der Waals surface area contributed by atoms with Gasteiger partial charge in [-0.2, -0.15) is 4.98 Å². The molecule has 2 aromatic carbocycles. The minimum Gasteiger partial charge on any atom is -0.362 e. The summed E-state index contributed by atoms with van der Waals surface area (Å²) in [6, 6.07) is 15.2. The Balaban J connectivity index is 2.04. The van der Waals surface area contributed by atoms with Gasteiger partial charge in [0.15, 0.2) is 0 Å². The van der Waals surface area contributed by atoms with Gasteiger partial charge in [0.2, 0.25) is 5.91 Å². The highest BCUT2D eigenvalue weighted by molar-refractivity contribution is 6.02. The zero-order chi connectivity index (χ0) is 17.6. The summed E-state index contributed by atoms with van der Waals surface area (Å²) in [7, 11) is 3.72. The van der Waals surface area contributed by atoms with Crippen molar-refractivity contribution in [3.05, 3.63) is 59.0 Å². The maximum Gasteiger partial charge on any atom is 0.354 e. The zero-order valence-corrected chi connectivity index (χ0v) is 14.1. The predicted molar refractivity (Wildman–Crippen MR) is 98.6 cm³/mol. The number of carbonyl (C=O) groups is 1. The van der Waals surface area contributed by atoms with Crippen LogP contribution >= 0.6 is 0 Å². The lowest BCUT2D eigenvalue weighted by Gasteiger charge is -2.31. The van der Waals surface area contributed by atoms with Crippen molar-refractivity contribution < 1.29 is 4.79 Å². The highest BCUT2D eigenvalue weighted by Crippen LogP contribution is 2.30. The molecule has 1 aliphatic rings. The Hall–Kier alpha value is -3.15. The Morgan fingerprint density at radius 2 is 1.76 bits per heavy atom. The van der Waals surface area contributed by atoms with E-state index >= 15 is 0 Å². The van der Waals surface area contributed by atoms with Gasteiger partial charge in [0.05, 0.1) is 11.2 Å². The Morgan fingerprint density at radius 1 is 1.00 bits per heavy atom. The zero-order valence-electron chi connectivity index (χ0n) is 14.1. The molecule has 1 fully saturated rings. The predicted octanol–water partition coefficient (Wildman–Crippen LogP) is 2.19. The van der Waals surface area contributed by atoms with Crippen LogP contribution in [0.25, 0.3) is 16.6 Å². The van der Waals surface area contributed by atoms with E-state index in [9.17, 15) is 9.59 Å². The molecule has 1 aliphatic heterocycles. The first-order valence-electron chi connectivity index (χ1n) is 8.16. The summed E-state index contributed by atoms with van der Waals surface area (Å²) in [5.74, 6) is 0.725. The second-order valence-corrected chi connectivity index (χ2v) is 6.28. The maximum atomic E-state index is 12.7. The van der Waals surface area contributed by atoms with E-state index in [-0.39, 0.29) is 11.6 Å². The molecule has 126 valence electrons. The molecule has 0 unspecified atom stereocenters. The molecule has 4 rings (SSSR count). The summed E-state index contributed by atoms with van der Waals surface area (Å²) in [4.78, 5) is 32.3. The minimum atomic E-state index is -0.338. The van der Waals surface area contributed by atoms with Crippen molar-refractivity contribution >= 4 is 28.3 Å². The van der Waals surface area contributed by atoms with Crippen LogP contribution in [0.2, 0.25) is 0 Å². The smallest absolute Gasteiger partial charge is 0.354 e. The third-order valence-corrected chi connectivity index (χ3v) is 4.46. The number of para-hydroxylation sites is 1. The molecular weight excluding hydrogens is 316 g/mol. The Kier molecular flexibility index (Phi) is 3.53. The van der Waals surface area contributed by atoms with Gasteiger partial charge in [0.25, 0.3) is 0 Å². The summed E-state index contributed by atoms with van der Waals surface area (Å²) < 4.78 is 1.59. The van der Waals surface area contributed by atoms with E-state index in [4.69, 9.17) is 0 Å². The quantitative estimate of drug-likeness (QED) is 0.689. The number of fused-ring (bicyclic) bond motifs is 1. The second-order valence-electron chi connectivity index (χ2n) is 6.28. The van der Waals surface area contributed by atoms with Gasteiger partial charge >= 0.3 is 5.69 Å². The topological polar surface area (TPSA) is 58.4 Å². The summed E-state index contributed by atoms with van der Waals surface area (Å²) in [6.45, 7) is 0.714. The number of rotatable bonds is 3. The van der Waals surface area contributed by atoms with E-state index in [1.165, 1.54) is 0 Å². The van der Waals surface area contributed by atoms with Crippen LogP contribution in [0.3, 0.4) is 0 Å². The molecule has 1 saturated heterocycles. The highest BCUT2D eigenvalue weighted by Gasteiger charge is 2.26. The van der Waals surface area contributed by atoms with E-state index in [0.29, 0.717) is 18.8 Å². The average molecular weight is 334 g/mol. The molecule has 6 heteroatoms. The molecule has 1 aromatic heterocycles. The van der Waals surface area contributed by atoms with Gasteiger partial charge in [0, 0.05) is 38.1 Å². The lowest BCUT2D eigenvalue weighted by molar-refractivity contribution is -0.122. The Bertz CT molecular complexity index is 1020. The van der Waals surface area contributed by atoms with Crippen LogP contribution < -0.4 is 15.5 Å². The molecule has 1 amide bonds. The maximum absolute atomic E-state index is 12.7. The SMILES string of the molecule is CN(C)c1nc(=O)n(-c2ccccc2)c2cc(N3CCC3=O)ccc12. The molecule has 0 spiro atoms. The molecule has 25 heavy (non-hydrogen) atoms. The van der Waals surface area contributed by atoms with Crippen LogP contribution in [-0.4, -0.2) is 36.1 Å². The average Bonchev–Trinajstić information content (AvgIpc) is 2.60. The van der Waals surface area contributed by atoms with Crippen LogP contribution in [0.15, 0.2) is 53.3 Å². The lowest BCUT2D eigenvalue weighted by atomic mass is 10.1. The molecule has 0 radical (unpaired) electrons. The van der Waals surface area contributed by atoms with Crippen LogP contribution in [-0.2, 0) is 4.79 Å². The molecule has 0 saturated carbocycles. The first-order valence-corrected chi connectivity index (χ1v) is 8.16. The molecular formula is C19H18N4O2. The number of hydrogen-bond acceptors (Lipinski definition) is 4. The Labute approximate surface area is 144 Å². The number of nitrogens with zero attached hydrogens (tertiary/aromatic N) is 4.